The average molecular weight is 336 g/mol. The van der Waals surface area contributed by atoms with Gasteiger partial charge in [0.2, 0.25) is 0 Å². The number of hydrogen-bond acceptors (Lipinski definition) is 4. The average Bonchev–Trinajstić information content (AvgIpc) is 2.53. The lowest BCUT2D eigenvalue weighted by molar-refractivity contribution is 0.0951. The largest absolute Gasteiger partial charge is 0.383 e. The highest BCUT2D eigenvalue weighted by Gasteiger charge is 2.08. The molecule has 0 aromatic heterocycles. The summed E-state index contributed by atoms with van der Waals surface area (Å²) in [6, 6.07) is 6.89. The fourth-order valence-electron chi connectivity index (χ4n) is 2.07. The zero-order valence-electron chi connectivity index (χ0n) is 14.9. The van der Waals surface area contributed by atoms with E-state index in [1.807, 2.05) is 38.1 Å². The van der Waals surface area contributed by atoms with E-state index in [1.54, 1.807) is 19.2 Å². The third kappa shape index (κ3) is 7.94. The van der Waals surface area contributed by atoms with Crippen molar-refractivity contribution in [3.05, 3.63) is 35.4 Å². The zero-order valence-corrected chi connectivity index (χ0v) is 14.9. The fraction of sp³-hybridized carbons (Fsp3) is 0.529. The quantitative estimate of drug-likeness (QED) is 0.623. The van der Waals surface area contributed by atoms with Crippen LogP contribution >= 0.6 is 0 Å². The SMILES string of the molecule is COCC(C)NC(=O)NCc1cccc(C(=O)NCCN(C)C)c1. The number of methoxy groups -OCH3 is 1. The Kier molecular flexibility index (Phi) is 8.81. The molecular weight excluding hydrogens is 308 g/mol. The van der Waals surface area contributed by atoms with E-state index < -0.39 is 0 Å². The Hall–Kier alpha value is -2.12. The second-order valence-electron chi connectivity index (χ2n) is 5.94. The molecule has 0 bridgehead atoms. The number of ether oxygens (including phenoxy) is 1. The molecular formula is C17H28N4O3. The first kappa shape index (κ1) is 19.9. The van der Waals surface area contributed by atoms with Gasteiger partial charge in [0.05, 0.1) is 12.6 Å². The van der Waals surface area contributed by atoms with Crippen LogP contribution in [0.2, 0.25) is 0 Å². The molecule has 3 N–H and O–H groups in total. The van der Waals surface area contributed by atoms with Gasteiger partial charge in [-0.2, -0.15) is 0 Å². The monoisotopic (exact) mass is 336 g/mol. The summed E-state index contributed by atoms with van der Waals surface area (Å²) in [7, 11) is 5.50. The van der Waals surface area contributed by atoms with Gasteiger partial charge in [0.15, 0.2) is 0 Å². The van der Waals surface area contributed by atoms with Gasteiger partial charge in [-0.25, -0.2) is 4.79 Å². The molecule has 0 saturated heterocycles. The van der Waals surface area contributed by atoms with Gasteiger partial charge in [-0.3, -0.25) is 4.79 Å². The molecule has 0 fully saturated rings. The van der Waals surface area contributed by atoms with Crippen LogP contribution in [-0.2, 0) is 11.3 Å². The maximum atomic E-state index is 12.1. The number of nitrogens with one attached hydrogen (secondary N) is 3. The Labute approximate surface area is 143 Å². The number of nitrogens with zero attached hydrogens (tertiary/aromatic N) is 1. The molecule has 7 nitrogen and oxygen atoms in total. The number of amides is 3. The van der Waals surface area contributed by atoms with Crippen LogP contribution in [-0.4, -0.2) is 63.8 Å². The highest BCUT2D eigenvalue weighted by atomic mass is 16.5. The number of benzene rings is 1. The number of hydrogen-bond donors (Lipinski definition) is 3. The van der Waals surface area contributed by atoms with Crippen molar-refractivity contribution in [2.75, 3.05) is 40.9 Å². The van der Waals surface area contributed by atoms with E-state index >= 15 is 0 Å². The first-order valence-electron chi connectivity index (χ1n) is 7.97. The molecule has 1 atom stereocenters. The van der Waals surface area contributed by atoms with Gasteiger partial charge in [-0.15, -0.1) is 0 Å². The molecule has 0 aliphatic rings. The molecule has 0 radical (unpaired) electrons. The molecule has 0 aliphatic carbocycles. The van der Waals surface area contributed by atoms with Gasteiger partial charge >= 0.3 is 6.03 Å². The number of carbonyl (C=O) groups excluding carboxylic acids is 2. The van der Waals surface area contributed by atoms with Gasteiger partial charge in [0.25, 0.3) is 5.91 Å². The van der Waals surface area contributed by atoms with Gasteiger partial charge in [-0.1, -0.05) is 12.1 Å². The van der Waals surface area contributed by atoms with Gasteiger partial charge in [0.1, 0.15) is 0 Å². The van der Waals surface area contributed by atoms with Crippen LogP contribution in [0.3, 0.4) is 0 Å². The van der Waals surface area contributed by atoms with Crippen LogP contribution in [0, 0.1) is 0 Å². The highest BCUT2D eigenvalue weighted by molar-refractivity contribution is 5.94. The molecule has 1 unspecified atom stereocenters. The summed E-state index contributed by atoms with van der Waals surface area (Å²) in [6.07, 6.45) is 0. The molecule has 3 amide bonds. The Balaban J connectivity index is 2.47. The van der Waals surface area contributed by atoms with Crippen LogP contribution in [0.25, 0.3) is 0 Å². The van der Waals surface area contributed by atoms with E-state index in [1.165, 1.54) is 0 Å². The van der Waals surface area contributed by atoms with Gasteiger partial charge in [0, 0.05) is 32.3 Å². The van der Waals surface area contributed by atoms with Gasteiger partial charge < -0.3 is 25.6 Å². The fourth-order valence-corrected chi connectivity index (χ4v) is 2.07. The lowest BCUT2D eigenvalue weighted by Crippen LogP contribution is -2.42. The van der Waals surface area contributed by atoms with Crippen LogP contribution in [0.5, 0.6) is 0 Å². The lowest BCUT2D eigenvalue weighted by atomic mass is 10.1. The van der Waals surface area contributed by atoms with E-state index in [9.17, 15) is 9.59 Å². The van der Waals surface area contributed by atoms with Crippen molar-refractivity contribution >= 4 is 11.9 Å². The van der Waals surface area contributed by atoms with E-state index in [2.05, 4.69) is 16.0 Å². The summed E-state index contributed by atoms with van der Waals surface area (Å²) in [5.41, 5.74) is 1.45. The summed E-state index contributed by atoms with van der Waals surface area (Å²) in [6.45, 7) is 4.04. The first-order chi connectivity index (χ1) is 11.4. The molecule has 1 aromatic carbocycles. The molecule has 134 valence electrons. The maximum absolute atomic E-state index is 12.1. The Morgan fingerprint density at radius 1 is 1.25 bits per heavy atom. The topological polar surface area (TPSA) is 82.7 Å². The van der Waals surface area contributed by atoms with E-state index in [-0.39, 0.29) is 18.0 Å². The maximum Gasteiger partial charge on any atom is 0.315 e. The number of rotatable bonds is 9. The molecule has 1 rings (SSSR count). The standard InChI is InChI=1S/C17H28N4O3/c1-13(12-24-4)20-17(23)19-11-14-6-5-7-15(10-14)16(22)18-8-9-21(2)3/h5-7,10,13H,8-9,11-12H2,1-4H3,(H,18,22)(H2,19,20,23). The Bertz CT molecular complexity index is 534. The summed E-state index contributed by atoms with van der Waals surface area (Å²) < 4.78 is 4.97. The lowest BCUT2D eigenvalue weighted by Gasteiger charge is -2.14. The normalized spacial score (nSPS) is 11.9. The summed E-state index contributed by atoms with van der Waals surface area (Å²) >= 11 is 0. The second kappa shape index (κ2) is 10.6. The molecule has 0 spiro atoms. The predicted molar refractivity (Wildman–Crippen MR) is 94.0 cm³/mol. The summed E-state index contributed by atoms with van der Waals surface area (Å²) in [4.78, 5) is 25.9. The van der Waals surface area contributed by atoms with Crippen molar-refractivity contribution in [3.63, 3.8) is 0 Å². The van der Waals surface area contributed by atoms with E-state index in [4.69, 9.17) is 4.74 Å². The smallest absolute Gasteiger partial charge is 0.315 e. The minimum atomic E-state index is -0.264. The minimum absolute atomic E-state index is 0.0659. The molecule has 1 aromatic rings. The van der Waals surface area contributed by atoms with Crippen molar-refractivity contribution in [2.45, 2.75) is 19.5 Å². The van der Waals surface area contributed by atoms with E-state index in [0.717, 1.165) is 12.1 Å². The second-order valence-corrected chi connectivity index (χ2v) is 5.94. The molecule has 0 saturated carbocycles. The van der Waals surface area contributed by atoms with Crippen molar-refractivity contribution in [1.29, 1.82) is 0 Å². The van der Waals surface area contributed by atoms with Crippen molar-refractivity contribution in [1.82, 2.24) is 20.9 Å². The first-order valence-corrected chi connectivity index (χ1v) is 7.97. The van der Waals surface area contributed by atoms with Crippen LogP contribution < -0.4 is 16.0 Å². The third-order valence-corrected chi connectivity index (χ3v) is 3.28. The van der Waals surface area contributed by atoms with Crippen LogP contribution in [0.1, 0.15) is 22.8 Å². The number of likely N-dealkylation sites (N-methyl/N-ethyl adjacent to an activating group) is 1. The van der Waals surface area contributed by atoms with Crippen molar-refractivity contribution in [3.8, 4) is 0 Å². The summed E-state index contributed by atoms with van der Waals surface area (Å²) in [5.74, 6) is -0.114. The minimum Gasteiger partial charge on any atom is -0.383 e. The Morgan fingerprint density at radius 2 is 2.00 bits per heavy atom. The van der Waals surface area contributed by atoms with Crippen molar-refractivity contribution in [2.24, 2.45) is 0 Å². The van der Waals surface area contributed by atoms with Crippen LogP contribution in [0.15, 0.2) is 24.3 Å². The van der Waals surface area contributed by atoms with Crippen LogP contribution in [0.4, 0.5) is 4.79 Å². The van der Waals surface area contributed by atoms with Gasteiger partial charge in [-0.05, 0) is 38.7 Å². The zero-order chi connectivity index (χ0) is 17.9. The van der Waals surface area contributed by atoms with Crippen molar-refractivity contribution < 1.29 is 14.3 Å². The summed E-state index contributed by atoms with van der Waals surface area (Å²) in [5, 5.41) is 8.40. The molecule has 24 heavy (non-hydrogen) atoms. The van der Waals surface area contributed by atoms with E-state index in [0.29, 0.717) is 25.3 Å². The third-order valence-electron chi connectivity index (χ3n) is 3.28. The molecule has 0 heterocycles. The number of carbonyl (C=O) groups is 2. The molecule has 7 heteroatoms. The number of urea groups is 1. The highest BCUT2D eigenvalue weighted by Crippen LogP contribution is 2.05. The predicted octanol–water partition coefficient (Wildman–Crippen LogP) is 0.812. The molecule has 0 aliphatic heterocycles. The Morgan fingerprint density at radius 3 is 2.67 bits per heavy atom.